The van der Waals surface area contributed by atoms with Gasteiger partial charge in [0, 0.05) is 18.4 Å². The fourth-order valence-electron chi connectivity index (χ4n) is 1.51. The van der Waals surface area contributed by atoms with Crippen LogP contribution in [0, 0.1) is 5.92 Å². The summed E-state index contributed by atoms with van der Waals surface area (Å²) in [5.74, 6) is 0.704. The highest BCUT2D eigenvalue weighted by Gasteiger charge is 2.10. The molecular formula is C14H21N. The van der Waals surface area contributed by atoms with Gasteiger partial charge >= 0.3 is 0 Å². The van der Waals surface area contributed by atoms with Crippen molar-refractivity contribution in [1.82, 2.24) is 4.90 Å². The van der Waals surface area contributed by atoms with Gasteiger partial charge in [-0.15, -0.1) is 0 Å². The summed E-state index contributed by atoms with van der Waals surface area (Å²) in [6, 6.07) is 0. The number of hydrogen-bond donors (Lipinski definition) is 0. The van der Waals surface area contributed by atoms with Gasteiger partial charge in [0.2, 0.25) is 0 Å². The third-order valence-electron chi connectivity index (χ3n) is 2.55. The Kier molecular flexibility index (Phi) is 4.41. The molecule has 1 aliphatic rings. The van der Waals surface area contributed by atoms with Crippen LogP contribution in [0.2, 0.25) is 0 Å². The minimum Gasteiger partial charge on any atom is -0.348 e. The Balaban J connectivity index is 2.76. The van der Waals surface area contributed by atoms with Crippen LogP contribution in [0.4, 0.5) is 0 Å². The molecule has 1 rings (SSSR count). The highest BCUT2D eigenvalue weighted by molar-refractivity contribution is 5.25. The van der Waals surface area contributed by atoms with Crippen molar-refractivity contribution < 1.29 is 0 Å². The van der Waals surface area contributed by atoms with Crippen LogP contribution >= 0.6 is 0 Å². The molecule has 0 saturated carbocycles. The van der Waals surface area contributed by atoms with E-state index in [9.17, 15) is 0 Å². The SMILES string of the molecule is C=C/C(=C\C=C(C)C)N1C=CC(C)CC1. The van der Waals surface area contributed by atoms with Crippen molar-refractivity contribution in [2.24, 2.45) is 5.92 Å². The van der Waals surface area contributed by atoms with Gasteiger partial charge in [0.05, 0.1) is 0 Å². The predicted molar refractivity (Wildman–Crippen MR) is 67.3 cm³/mol. The molecule has 0 amide bonds. The summed E-state index contributed by atoms with van der Waals surface area (Å²) in [5, 5.41) is 0. The Morgan fingerprint density at radius 3 is 2.60 bits per heavy atom. The van der Waals surface area contributed by atoms with Crippen LogP contribution in [0.1, 0.15) is 27.2 Å². The van der Waals surface area contributed by atoms with Gasteiger partial charge in [-0.1, -0.05) is 31.2 Å². The summed E-state index contributed by atoms with van der Waals surface area (Å²) >= 11 is 0. The maximum Gasteiger partial charge on any atom is 0.0400 e. The molecule has 1 heterocycles. The van der Waals surface area contributed by atoms with E-state index < -0.39 is 0 Å². The zero-order valence-corrected chi connectivity index (χ0v) is 10.0. The molecule has 1 nitrogen and oxygen atoms in total. The molecule has 0 aliphatic carbocycles. The lowest BCUT2D eigenvalue weighted by atomic mass is 10.0. The van der Waals surface area contributed by atoms with Crippen molar-refractivity contribution in [3.8, 4) is 0 Å². The van der Waals surface area contributed by atoms with E-state index in [-0.39, 0.29) is 0 Å². The van der Waals surface area contributed by atoms with E-state index in [1.165, 1.54) is 17.7 Å². The smallest absolute Gasteiger partial charge is 0.0400 e. The molecule has 1 atom stereocenters. The first-order valence-corrected chi connectivity index (χ1v) is 5.56. The molecule has 82 valence electrons. The summed E-state index contributed by atoms with van der Waals surface area (Å²) in [6.45, 7) is 11.4. The van der Waals surface area contributed by atoms with Gasteiger partial charge < -0.3 is 4.90 Å². The molecule has 0 N–H and O–H groups in total. The lowest BCUT2D eigenvalue weighted by Gasteiger charge is -2.26. The van der Waals surface area contributed by atoms with Crippen LogP contribution in [0.15, 0.2) is 48.4 Å². The van der Waals surface area contributed by atoms with Crippen molar-refractivity contribution in [3.63, 3.8) is 0 Å². The van der Waals surface area contributed by atoms with E-state index in [0.717, 1.165) is 6.54 Å². The molecule has 1 unspecified atom stereocenters. The predicted octanol–water partition coefficient (Wildman–Crippen LogP) is 3.88. The molecule has 0 bridgehead atoms. The van der Waals surface area contributed by atoms with Gasteiger partial charge in [-0.2, -0.15) is 0 Å². The maximum absolute atomic E-state index is 3.86. The van der Waals surface area contributed by atoms with Crippen molar-refractivity contribution in [3.05, 3.63) is 48.4 Å². The third-order valence-corrected chi connectivity index (χ3v) is 2.55. The topological polar surface area (TPSA) is 3.24 Å². The molecular weight excluding hydrogens is 182 g/mol. The first kappa shape index (κ1) is 11.8. The Bertz CT molecular complexity index is 303. The van der Waals surface area contributed by atoms with Gasteiger partial charge in [0.15, 0.2) is 0 Å². The zero-order chi connectivity index (χ0) is 11.3. The number of nitrogens with zero attached hydrogens (tertiary/aromatic N) is 1. The van der Waals surface area contributed by atoms with Crippen molar-refractivity contribution in [2.45, 2.75) is 27.2 Å². The number of allylic oxidation sites excluding steroid dienone is 5. The summed E-state index contributed by atoms with van der Waals surface area (Å²) in [7, 11) is 0. The van der Waals surface area contributed by atoms with Gasteiger partial charge in [0.25, 0.3) is 0 Å². The van der Waals surface area contributed by atoms with Crippen LogP contribution in [0.5, 0.6) is 0 Å². The van der Waals surface area contributed by atoms with Crippen molar-refractivity contribution in [1.29, 1.82) is 0 Å². The van der Waals surface area contributed by atoms with E-state index >= 15 is 0 Å². The maximum atomic E-state index is 3.86. The molecule has 1 aliphatic heterocycles. The Morgan fingerprint density at radius 2 is 2.13 bits per heavy atom. The second kappa shape index (κ2) is 5.59. The molecule has 0 aromatic rings. The molecule has 0 spiro atoms. The largest absolute Gasteiger partial charge is 0.348 e. The van der Waals surface area contributed by atoms with E-state index in [1.54, 1.807) is 0 Å². The van der Waals surface area contributed by atoms with Crippen LogP contribution in [-0.2, 0) is 0 Å². The summed E-state index contributed by atoms with van der Waals surface area (Å²) in [5.41, 5.74) is 2.49. The molecule has 0 saturated heterocycles. The lowest BCUT2D eigenvalue weighted by molar-refractivity contribution is 0.404. The van der Waals surface area contributed by atoms with Crippen LogP contribution in [0.3, 0.4) is 0 Å². The summed E-state index contributed by atoms with van der Waals surface area (Å²) in [6.07, 6.45) is 11.8. The van der Waals surface area contributed by atoms with Gasteiger partial charge in [-0.05, 0) is 38.3 Å². The second-order valence-electron chi connectivity index (χ2n) is 4.34. The number of rotatable bonds is 3. The molecule has 0 aromatic heterocycles. The van der Waals surface area contributed by atoms with Gasteiger partial charge in [-0.25, -0.2) is 0 Å². The van der Waals surface area contributed by atoms with Gasteiger partial charge in [-0.3, -0.25) is 0 Å². The van der Waals surface area contributed by atoms with Crippen molar-refractivity contribution in [2.75, 3.05) is 6.54 Å². The lowest BCUT2D eigenvalue weighted by Crippen LogP contribution is -2.22. The highest BCUT2D eigenvalue weighted by atomic mass is 15.1. The highest BCUT2D eigenvalue weighted by Crippen LogP contribution is 2.17. The molecule has 1 heteroatoms. The minimum absolute atomic E-state index is 0.704. The first-order valence-electron chi connectivity index (χ1n) is 5.56. The minimum atomic E-state index is 0.704. The summed E-state index contributed by atoms with van der Waals surface area (Å²) < 4.78 is 0. The number of hydrogen-bond acceptors (Lipinski definition) is 1. The fourth-order valence-corrected chi connectivity index (χ4v) is 1.51. The quantitative estimate of drug-likeness (QED) is 0.629. The van der Waals surface area contributed by atoms with Crippen LogP contribution in [0.25, 0.3) is 0 Å². The van der Waals surface area contributed by atoms with E-state index in [2.05, 4.69) is 56.7 Å². The van der Waals surface area contributed by atoms with Crippen LogP contribution in [-0.4, -0.2) is 11.4 Å². The monoisotopic (exact) mass is 203 g/mol. The van der Waals surface area contributed by atoms with E-state index in [4.69, 9.17) is 0 Å². The van der Waals surface area contributed by atoms with E-state index in [0.29, 0.717) is 5.92 Å². The molecule has 0 radical (unpaired) electrons. The third kappa shape index (κ3) is 3.78. The fraction of sp³-hybridized carbons (Fsp3) is 0.429. The Hall–Kier alpha value is -1.24. The molecule has 15 heavy (non-hydrogen) atoms. The molecule has 0 fully saturated rings. The standard InChI is InChI=1S/C14H21N/c1-5-14(7-6-12(2)3)15-10-8-13(4)9-11-15/h5-8,10,13H,1,9,11H2,2-4H3/b14-7+. The second-order valence-corrected chi connectivity index (χ2v) is 4.34. The van der Waals surface area contributed by atoms with E-state index in [1.807, 2.05) is 6.08 Å². The zero-order valence-electron chi connectivity index (χ0n) is 10.0. The molecule has 0 aromatic carbocycles. The Morgan fingerprint density at radius 1 is 1.40 bits per heavy atom. The van der Waals surface area contributed by atoms with Crippen LogP contribution < -0.4 is 0 Å². The Labute approximate surface area is 93.5 Å². The normalized spacial score (nSPS) is 21.4. The van der Waals surface area contributed by atoms with Crippen molar-refractivity contribution >= 4 is 0 Å². The first-order chi connectivity index (χ1) is 7.13. The van der Waals surface area contributed by atoms with Gasteiger partial charge in [0.1, 0.15) is 0 Å². The average Bonchev–Trinajstić information content (AvgIpc) is 2.21. The average molecular weight is 203 g/mol. The summed E-state index contributed by atoms with van der Waals surface area (Å²) in [4.78, 5) is 2.26.